The number of nitrogens with zero attached hydrogens (tertiary/aromatic N) is 2. The first kappa shape index (κ1) is 13.8. The Labute approximate surface area is 127 Å². The minimum atomic E-state index is 0.598. The highest BCUT2D eigenvalue weighted by molar-refractivity contribution is 7.17. The molecule has 0 aliphatic heterocycles. The highest BCUT2D eigenvalue weighted by atomic mass is 32.1. The predicted molar refractivity (Wildman–Crippen MR) is 83.7 cm³/mol. The number of hydrogen-bond acceptors (Lipinski definition) is 4. The maximum Gasteiger partial charge on any atom is 0.194 e. The first-order valence-electron chi connectivity index (χ1n) is 6.68. The second-order valence-electron chi connectivity index (χ2n) is 5.02. The molecule has 3 aromatic rings. The Morgan fingerprint density at radius 1 is 1.38 bits per heavy atom. The van der Waals surface area contributed by atoms with Crippen molar-refractivity contribution in [3.8, 4) is 5.75 Å². The van der Waals surface area contributed by atoms with Gasteiger partial charge in [-0.15, -0.1) is 11.3 Å². The molecule has 0 aliphatic rings. The molecule has 2 aromatic heterocycles. The number of methoxy groups -OCH3 is 1. The summed E-state index contributed by atoms with van der Waals surface area (Å²) in [6.45, 7) is 4.09. The normalized spacial score (nSPS) is 11.0. The Bertz CT molecular complexity index is 817. The molecule has 0 aliphatic carbocycles. The summed E-state index contributed by atoms with van der Waals surface area (Å²) in [7, 11) is 1.69. The van der Waals surface area contributed by atoms with E-state index in [2.05, 4.69) is 18.0 Å². The molecule has 0 unspecified atom stereocenters. The van der Waals surface area contributed by atoms with Crippen molar-refractivity contribution in [3.63, 3.8) is 0 Å². The molecule has 3 rings (SSSR count). The molecular formula is C16H16N2O2S. The number of thiazole rings is 1. The largest absolute Gasteiger partial charge is 0.496 e. The molecule has 21 heavy (non-hydrogen) atoms. The Morgan fingerprint density at radius 2 is 2.19 bits per heavy atom. The summed E-state index contributed by atoms with van der Waals surface area (Å²) in [5, 5.41) is 0. The van der Waals surface area contributed by atoms with E-state index in [1.807, 2.05) is 23.5 Å². The molecule has 0 atom stereocenters. The molecule has 0 saturated carbocycles. The summed E-state index contributed by atoms with van der Waals surface area (Å²) in [5.74, 6) is 0.890. The van der Waals surface area contributed by atoms with E-state index >= 15 is 0 Å². The molecule has 0 fully saturated rings. The number of imidazole rings is 1. The maximum atomic E-state index is 11.1. The number of carbonyl (C=O) groups is 1. The van der Waals surface area contributed by atoms with Crippen LogP contribution in [0.3, 0.4) is 0 Å². The average molecular weight is 300 g/mol. The minimum absolute atomic E-state index is 0.598. The molecule has 108 valence electrons. The van der Waals surface area contributed by atoms with Gasteiger partial charge in [0.25, 0.3) is 0 Å². The number of benzene rings is 1. The van der Waals surface area contributed by atoms with Crippen molar-refractivity contribution in [1.82, 2.24) is 9.38 Å². The van der Waals surface area contributed by atoms with Crippen LogP contribution in [0.15, 0.2) is 24.4 Å². The Kier molecular flexibility index (Phi) is 3.51. The second-order valence-corrected chi connectivity index (χ2v) is 6.08. The van der Waals surface area contributed by atoms with Crippen molar-refractivity contribution < 1.29 is 9.53 Å². The molecule has 4 nitrogen and oxygen atoms in total. The molecule has 0 saturated heterocycles. The van der Waals surface area contributed by atoms with Crippen LogP contribution in [0.4, 0.5) is 0 Å². The van der Waals surface area contributed by atoms with Gasteiger partial charge in [-0.2, -0.15) is 0 Å². The van der Waals surface area contributed by atoms with E-state index in [0.717, 1.165) is 34.7 Å². The standard InChI is InChI=1S/C16H16N2O2S/c1-10-4-5-14(20-3)12(6-10)7-15-11(2)18-13(9-19)8-17-16(18)21-15/h4-6,8-9H,7H2,1-3H3. The van der Waals surface area contributed by atoms with Crippen molar-refractivity contribution >= 4 is 22.6 Å². The highest BCUT2D eigenvalue weighted by Gasteiger charge is 2.15. The van der Waals surface area contributed by atoms with Gasteiger partial charge in [0, 0.05) is 17.0 Å². The van der Waals surface area contributed by atoms with Crippen LogP contribution in [0.1, 0.15) is 32.2 Å². The van der Waals surface area contributed by atoms with Gasteiger partial charge in [-0.25, -0.2) is 4.98 Å². The third kappa shape index (κ3) is 2.34. The summed E-state index contributed by atoms with van der Waals surface area (Å²) in [5.41, 5.74) is 4.02. The van der Waals surface area contributed by atoms with Gasteiger partial charge in [0.1, 0.15) is 11.4 Å². The number of hydrogen-bond donors (Lipinski definition) is 0. The lowest BCUT2D eigenvalue weighted by molar-refractivity contribution is 0.111. The highest BCUT2D eigenvalue weighted by Crippen LogP contribution is 2.29. The smallest absolute Gasteiger partial charge is 0.194 e. The SMILES string of the molecule is COc1ccc(C)cc1Cc1sc2ncc(C=O)n2c1C. The van der Waals surface area contributed by atoms with Crippen molar-refractivity contribution in [1.29, 1.82) is 0 Å². The van der Waals surface area contributed by atoms with Crippen molar-refractivity contribution in [3.05, 3.63) is 51.8 Å². The van der Waals surface area contributed by atoms with Crippen LogP contribution in [0.5, 0.6) is 5.75 Å². The van der Waals surface area contributed by atoms with Crippen LogP contribution in [-0.4, -0.2) is 22.8 Å². The third-order valence-electron chi connectivity index (χ3n) is 3.62. The van der Waals surface area contributed by atoms with Crippen molar-refractivity contribution in [2.24, 2.45) is 0 Å². The zero-order chi connectivity index (χ0) is 15.0. The zero-order valence-electron chi connectivity index (χ0n) is 12.2. The second kappa shape index (κ2) is 5.33. The van der Waals surface area contributed by atoms with Gasteiger partial charge in [-0.05, 0) is 25.5 Å². The van der Waals surface area contributed by atoms with E-state index in [1.165, 1.54) is 10.4 Å². The molecule has 0 amide bonds. The van der Waals surface area contributed by atoms with E-state index < -0.39 is 0 Å². The summed E-state index contributed by atoms with van der Waals surface area (Å²) in [4.78, 5) is 17.4. The van der Waals surface area contributed by atoms with Gasteiger partial charge < -0.3 is 4.74 Å². The van der Waals surface area contributed by atoms with Crippen LogP contribution >= 0.6 is 11.3 Å². The molecule has 5 heteroatoms. The zero-order valence-corrected chi connectivity index (χ0v) is 13.0. The maximum absolute atomic E-state index is 11.1. The Balaban J connectivity index is 2.06. The molecular weight excluding hydrogens is 284 g/mol. The molecule has 0 spiro atoms. The number of fused-ring (bicyclic) bond motifs is 1. The summed E-state index contributed by atoms with van der Waals surface area (Å²) in [6, 6.07) is 6.18. The predicted octanol–water partition coefficient (Wildman–Crippen LogP) is 3.42. The van der Waals surface area contributed by atoms with Crippen LogP contribution in [0.25, 0.3) is 4.96 Å². The molecule has 1 aromatic carbocycles. The fraction of sp³-hybridized carbons (Fsp3) is 0.250. The number of rotatable bonds is 4. The summed E-state index contributed by atoms with van der Waals surface area (Å²) >= 11 is 1.62. The topological polar surface area (TPSA) is 43.6 Å². The van der Waals surface area contributed by atoms with Gasteiger partial charge in [-0.3, -0.25) is 9.20 Å². The summed E-state index contributed by atoms with van der Waals surface area (Å²) in [6.07, 6.45) is 3.24. The van der Waals surface area contributed by atoms with E-state index in [0.29, 0.717) is 5.69 Å². The lowest BCUT2D eigenvalue weighted by Crippen LogP contribution is -1.97. The first-order chi connectivity index (χ1) is 10.1. The lowest BCUT2D eigenvalue weighted by Gasteiger charge is -2.09. The average Bonchev–Trinajstić information content (AvgIpc) is 3.00. The molecule has 2 heterocycles. The number of ether oxygens (including phenoxy) is 1. The third-order valence-corrected chi connectivity index (χ3v) is 4.77. The van der Waals surface area contributed by atoms with Crippen molar-refractivity contribution in [2.75, 3.05) is 7.11 Å². The molecule has 0 radical (unpaired) electrons. The number of aryl methyl sites for hydroxylation is 2. The van der Waals surface area contributed by atoms with Crippen LogP contribution in [-0.2, 0) is 6.42 Å². The number of carbonyl (C=O) groups excluding carboxylic acids is 1. The first-order valence-corrected chi connectivity index (χ1v) is 7.50. The van der Waals surface area contributed by atoms with E-state index in [4.69, 9.17) is 4.74 Å². The van der Waals surface area contributed by atoms with Gasteiger partial charge in [0.2, 0.25) is 0 Å². The fourth-order valence-electron chi connectivity index (χ4n) is 2.53. The number of aldehydes is 1. The quantitative estimate of drug-likeness (QED) is 0.693. The summed E-state index contributed by atoms with van der Waals surface area (Å²) < 4.78 is 7.35. The van der Waals surface area contributed by atoms with Gasteiger partial charge >= 0.3 is 0 Å². The fourth-order valence-corrected chi connectivity index (χ4v) is 3.66. The lowest BCUT2D eigenvalue weighted by atomic mass is 10.1. The van der Waals surface area contributed by atoms with E-state index in [1.54, 1.807) is 24.6 Å². The molecule has 0 bridgehead atoms. The van der Waals surface area contributed by atoms with E-state index in [-0.39, 0.29) is 0 Å². The number of aromatic nitrogens is 2. The van der Waals surface area contributed by atoms with Gasteiger partial charge in [0.15, 0.2) is 11.2 Å². The van der Waals surface area contributed by atoms with Gasteiger partial charge in [-0.1, -0.05) is 17.7 Å². The van der Waals surface area contributed by atoms with Crippen LogP contribution in [0, 0.1) is 13.8 Å². The van der Waals surface area contributed by atoms with Crippen LogP contribution in [0.2, 0.25) is 0 Å². The Morgan fingerprint density at radius 3 is 2.90 bits per heavy atom. The van der Waals surface area contributed by atoms with E-state index in [9.17, 15) is 4.79 Å². The van der Waals surface area contributed by atoms with Crippen LogP contribution < -0.4 is 4.74 Å². The van der Waals surface area contributed by atoms with Gasteiger partial charge in [0.05, 0.1) is 13.3 Å². The minimum Gasteiger partial charge on any atom is -0.496 e. The van der Waals surface area contributed by atoms with Crippen molar-refractivity contribution in [2.45, 2.75) is 20.3 Å². The monoisotopic (exact) mass is 300 g/mol. The Hall–Kier alpha value is -2.14. The molecule has 0 N–H and O–H groups in total.